The van der Waals surface area contributed by atoms with Crippen molar-refractivity contribution < 1.29 is 4.79 Å². The molecule has 0 bridgehead atoms. The van der Waals surface area contributed by atoms with Gasteiger partial charge in [-0.05, 0) is 12.8 Å². The Kier molecular flexibility index (Phi) is 5.74. The molecule has 2 heteroatoms. The molecule has 1 atom stereocenters. The molecule has 0 aliphatic carbocycles. The van der Waals surface area contributed by atoms with Crippen molar-refractivity contribution in [3.63, 3.8) is 0 Å². The summed E-state index contributed by atoms with van der Waals surface area (Å²) in [6.45, 7) is 5.44. The second kappa shape index (κ2) is 6.86. The molecule has 1 fully saturated rings. The number of β-lactam (4-membered cyclic amide) rings is 1. The first-order valence-electron chi connectivity index (χ1n) is 6.59. The van der Waals surface area contributed by atoms with Crippen LogP contribution in [0.2, 0.25) is 0 Å². The number of hydrogen-bond donors (Lipinski definition) is 0. The summed E-state index contributed by atoms with van der Waals surface area (Å²) in [5.41, 5.74) is 0. The maximum absolute atomic E-state index is 11.4. The van der Waals surface area contributed by atoms with Crippen LogP contribution in [-0.2, 0) is 4.79 Å². The minimum absolute atomic E-state index is 0.382. The number of unbranched alkanes of at least 4 members (excludes halogenated alkanes) is 4. The fourth-order valence-electron chi connectivity index (χ4n) is 2.23. The number of likely N-dealkylation sites (tertiary alicyclic amines) is 1. The van der Waals surface area contributed by atoms with Crippen molar-refractivity contribution >= 4 is 5.91 Å². The molecule has 0 saturated carbocycles. The highest BCUT2D eigenvalue weighted by molar-refractivity contribution is 5.83. The third kappa shape index (κ3) is 3.84. The van der Waals surface area contributed by atoms with E-state index in [4.69, 9.17) is 0 Å². The Morgan fingerprint density at radius 2 is 1.87 bits per heavy atom. The monoisotopic (exact) mass is 211 g/mol. The Hall–Kier alpha value is -0.530. The average molecular weight is 211 g/mol. The maximum Gasteiger partial charge on any atom is 0.224 e. The second-order valence-corrected chi connectivity index (χ2v) is 4.65. The van der Waals surface area contributed by atoms with E-state index in [1.807, 2.05) is 0 Å². The molecule has 0 spiro atoms. The number of rotatable bonds is 8. The standard InChI is InChI=1S/C13H25NO/c1-3-5-7-8-10-14-12(9-6-4-2)11-13(14)15/h12H,3-11H2,1-2H3. The highest BCUT2D eigenvalue weighted by Gasteiger charge is 2.34. The van der Waals surface area contributed by atoms with Gasteiger partial charge in [-0.25, -0.2) is 0 Å². The number of amides is 1. The van der Waals surface area contributed by atoms with Gasteiger partial charge in [0.2, 0.25) is 5.91 Å². The average Bonchev–Trinajstić information content (AvgIpc) is 2.23. The predicted octanol–water partition coefficient (Wildman–Crippen LogP) is 3.36. The van der Waals surface area contributed by atoms with Crippen LogP contribution >= 0.6 is 0 Å². The summed E-state index contributed by atoms with van der Waals surface area (Å²) >= 11 is 0. The lowest BCUT2D eigenvalue weighted by Gasteiger charge is -2.40. The van der Waals surface area contributed by atoms with Gasteiger partial charge in [0, 0.05) is 19.0 Å². The lowest BCUT2D eigenvalue weighted by Crippen LogP contribution is -2.52. The number of hydrogen-bond acceptors (Lipinski definition) is 1. The van der Waals surface area contributed by atoms with Crippen LogP contribution in [0.3, 0.4) is 0 Å². The molecule has 0 N–H and O–H groups in total. The van der Waals surface area contributed by atoms with Gasteiger partial charge in [0.25, 0.3) is 0 Å². The van der Waals surface area contributed by atoms with E-state index in [1.165, 1.54) is 44.9 Å². The van der Waals surface area contributed by atoms with E-state index in [1.54, 1.807) is 0 Å². The van der Waals surface area contributed by atoms with Crippen molar-refractivity contribution in [2.75, 3.05) is 6.54 Å². The first-order valence-corrected chi connectivity index (χ1v) is 6.59. The van der Waals surface area contributed by atoms with E-state index in [0.717, 1.165) is 13.0 Å². The SMILES string of the molecule is CCCCCCN1C(=O)CC1CCCC. The number of carbonyl (C=O) groups excluding carboxylic acids is 1. The van der Waals surface area contributed by atoms with Gasteiger partial charge in [-0.1, -0.05) is 46.0 Å². The van der Waals surface area contributed by atoms with Gasteiger partial charge < -0.3 is 4.90 Å². The lowest BCUT2D eigenvalue weighted by molar-refractivity contribution is -0.146. The van der Waals surface area contributed by atoms with E-state index in [0.29, 0.717) is 11.9 Å². The van der Waals surface area contributed by atoms with Gasteiger partial charge in [0.15, 0.2) is 0 Å². The van der Waals surface area contributed by atoms with Gasteiger partial charge >= 0.3 is 0 Å². The Bertz CT molecular complexity index is 191. The minimum Gasteiger partial charge on any atom is -0.339 e. The van der Waals surface area contributed by atoms with Crippen LogP contribution in [0.15, 0.2) is 0 Å². The van der Waals surface area contributed by atoms with Crippen LogP contribution in [0.25, 0.3) is 0 Å². The van der Waals surface area contributed by atoms with Gasteiger partial charge in [0.1, 0.15) is 0 Å². The lowest BCUT2D eigenvalue weighted by atomic mass is 9.95. The topological polar surface area (TPSA) is 20.3 Å². The van der Waals surface area contributed by atoms with E-state index in [-0.39, 0.29) is 0 Å². The molecule has 0 aromatic rings. The quantitative estimate of drug-likeness (QED) is 0.445. The van der Waals surface area contributed by atoms with Crippen LogP contribution in [0.5, 0.6) is 0 Å². The summed E-state index contributed by atoms with van der Waals surface area (Å²) in [5, 5.41) is 0. The van der Waals surface area contributed by atoms with E-state index < -0.39 is 0 Å². The molecule has 1 aliphatic rings. The molecule has 1 rings (SSSR count). The van der Waals surface area contributed by atoms with Gasteiger partial charge in [-0.3, -0.25) is 4.79 Å². The molecule has 0 radical (unpaired) electrons. The molecule has 2 nitrogen and oxygen atoms in total. The Morgan fingerprint density at radius 1 is 1.13 bits per heavy atom. The smallest absolute Gasteiger partial charge is 0.224 e. The number of nitrogens with zero attached hydrogens (tertiary/aromatic N) is 1. The zero-order valence-electron chi connectivity index (χ0n) is 10.3. The largest absolute Gasteiger partial charge is 0.339 e. The first-order chi connectivity index (χ1) is 7.29. The van der Waals surface area contributed by atoms with E-state index in [2.05, 4.69) is 18.7 Å². The third-order valence-electron chi connectivity index (χ3n) is 3.31. The summed E-state index contributed by atoms with van der Waals surface area (Å²) in [6, 6.07) is 0.582. The van der Waals surface area contributed by atoms with Crippen molar-refractivity contribution in [1.29, 1.82) is 0 Å². The highest BCUT2D eigenvalue weighted by atomic mass is 16.2. The predicted molar refractivity (Wildman–Crippen MR) is 63.8 cm³/mol. The van der Waals surface area contributed by atoms with Gasteiger partial charge in [0.05, 0.1) is 0 Å². The van der Waals surface area contributed by atoms with E-state index in [9.17, 15) is 4.79 Å². The molecule has 1 heterocycles. The molecule has 1 saturated heterocycles. The van der Waals surface area contributed by atoms with Gasteiger partial charge in [-0.15, -0.1) is 0 Å². The Morgan fingerprint density at radius 3 is 2.47 bits per heavy atom. The second-order valence-electron chi connectivity index (χ2n) is 4.65. The zero-order valence-corrected chi connectivity index (χ0v) is 10.3. The van der Waals surface area contributed by atoms with Crippen LogP contribution < -0.4 is 0 Å². The molecular formula is C13H25NO. The van der Waals surface area contributed by atoms with Gasteiger partial charge in [-0.2, -0.15) is 0 Å². The molecule has 1 amide bonds. The third-order valence-corrected chi connectivity index (χ3v) is 3.31. The van der Waals surface area contributed by atoms with Crippen LogP contribution in [-0.4, -0.2) is 23.4 Å². The Balaban J connectivity index is 2.11. The summed E-state index contributed by atoms with van der Waals surface area (Å²) in [6.07, 6.45) is 9.60. The number of carbonyl (C=O) groups is 1. The van der Waals surface area contributed by atoms with Crippen molar-refractivity contribution in [2.24, 2.45) is 0 Å². The zero-order chi connectivity index (χ0) is 11.1. The van der Waals surface area contributed by atoms with Crippen LogP contribution in [0.1, 0.15) is 65.2 Å². The molecule has 1 aliphatic heterocycles. The summed E-state index contributed by atoms with van der Waals surface area (Å²) < 4.78 is 0. The first kappa shape index (κ1) is 12.5. The summed E-state index contributed by atoms with van der Waals surface area (Å²) in [4.78, 5) is 13.5. The summed E-state index contributed by atoms with van der Waals surface area (Å²) in [7, 11) is 0. The maximum atomic E-state index is 11.4. The van der Waals surface area contributed by atoms with Crippen molar-refractivity contribution in [3.8, 4) is 0 Å². The van der Waals surface area contributed by atoms with Crippen molar-refractivity contribution in [2.45, 2.75) is 71.3 Å². The normalized spacial score (nSPS) is 20.5. The fraction of sp³-hybridized carbons (Fsp3) is 0.923. The molecule has 1 unspecified atom stereocenters. The van der Waals surface area contributed by atoms with Crippen molar-refractivity contribution in [1.82, 2.24) is 4.90 Å². The van der Waals surface area contributed by atoms with Crippen LogP contribution in [0, 0.1) is 0 Å². The molecule has 0 aromatic carbocycles. The van der Waals surface area contributed by atoms with E-state index >= 15 is 0 Å². The highest BCUT2D eigenvalue weighted by Crippen LogP contribution is 2.24. The summed E-state index contributed by atoms with van der Waals surface area (Å²) in [5.74, 6) is 0.382. The Labute approximate surface area is 94.0 Å². The molecule has 88 valence electrons. The van der Waals surface area contributed by atoms with Crippen LogP contribution in [0.4, 0.5) is 0 Å². The fourth-order valence-corrected chi connectivity index (χ4v) is 2.23. The minimum atomic E-state index is 0.382. The van der Waals surface area contributed by atoms with Crippen molar-refractivity contribution in [3.05, 3.63) is 0 Å². The molecular weight excluding hydrogens is 186 g/mol. The molecule has 0 aromatic heterocycles. The molecule has 15 heavy (non-hydrogen) atoms.